The molecule has 3 rings (SSSR count). The lowest BCUT2D eigenvalue weighted by Gasteiger charge is -2.43. The van der Waals surface area contributed by atoms with E-state index >= 15 is 0 Å². The fourth-order valence-corrected chi connectivity index (χ4v) is 5.78. The maximum absolute atomic E-state index is 12.9. The summed E-state index contributed by atoms with van der Waals surface area (Å²) in [6.45, 7) is 8.67. The van der Waals surface area contributed by atoms with Gasteiger partial charge in [-0.1, -0.05) is 23.7 Å². The summed E-state index contributed by atoms with van der Waals surface area (Å²) in [6.07, 6.45) is -3.82. The number of benzene rings is 2. The van der Waals surface area contributed by atoms with E-state index in [1.807, 2.05) is 19.1 Å². The molecule has 0 aromatic heterocycles. The van der Waals surface area contributed by atoms with E-state index in [9.17, 15) is 18.0 Å². The van der Waals surface area contributed by atoms with Gasteiger partial charge in [-0.05, 0) is 80.1 Å². The number of piperazine rings is 1. The van der Waals surface area contributed by atoms with Crippen molar-refractivity contribution in [3.8, 4) is 0 Å². The van der Waals surface area contributed by atoms with E-state index in [1.54, 1.807) is 11.9 Å². The van der Waals surface area contributed by atoms with Gasteiger partial charge in [-0.3, -0.25) is 9.69 Å². The highest BCUT2D eigenvalue weighted by Crippen LogP contribution is 2.35. The van der Waals surface area contributed by atoms with Crippen LogP contribution >= 0.6 is 23.5 Å². The number of carboxylic acid groups (broad SMARTS) is 1. The van der Waals surface area contributed by atoms with Gasteiger partial charge in [0.05, 0.1) is 17.0 Å². The first-order chi connectivity index (χ1) is 15.4. The number of alkyl halides is 3. The number of carbonyl (C=O) groups is 1. The number of rotatable bonds is 7. The number of aliphatic carboxylic acids is 1. The molecule has 4 nitrogen and oxygen atoms in total. The van der Waals surface area contributed by atoms with Crippen molar-refractivity contribution >= 4 is 29.5 Å². The average Bonchev–Trinajstić information content (AvgIpc) is 2.67. The molecule has 0 unspecified atom stereocenters. The number of halogens is 4. The van der Waals surface area contributed by atoms with Gasteiger partial charge in [0.1, 0.15) is 0 Å². The molecule has 0 amide bonds. The molecule has 2 aromatic rings. The van der Waals surface area contributed by atoms with Crippen LogP contribution in [0.3, 0.4) is 0 Å². The van der Waals surface area contributed by atoms with Gasteiger partial charge in [0, 0.05) is 36.6 Å². The maximum atomic E-state index is 12.9. The van der Waals surface area contributed by atoms with Crippen molar-refractivity contribution in [1.82, 2.24) is 9.21 Å². The van der Waals surface area contributed by atoms with E-state index in [-0.39, 0.29) is 23.5 Å². The molecule has 1 aliphatic rings. The van der Waals surface area contributed by atoms with Crippen LogP contribution in [0.5, 0.6) is 0 Å². The normalized spacial score (nSPS) is 20.2. The van der Waals surface area contributed by atoms with Crippen LogP contribution in [0.1, 0.15) is 36.1 Å². The van der Waals surface area contributed by atoms with Gasteiger partial charge in [0.25, 0.3) is 0 Å². The second kappa shape index (κ2) is 10.7. The standard InChI is InChI=1S/C24H28ClF3N2O2S/c1-15-8-19(12-23(31)32)10-20(9-15)33-30-16(2)13-29(14-17(30)3)7-6-18-4-5-21(22(25)11-18)24(26,27)28/h4-5,8-11,16-17H,6-7,12-14H2,1-3H3,(H,31,32)/t16-,17+. The highest BCUT2D eigenvalue weighted by molar-refractivity contribution is 7.97. The van der Waals surface area contributed by atoms with Crippen LogP contribution in [0.15, 0.2) is 41.3 Å². The number of aryl methyl sites for hydroxylation is 1. The Balaban J connectivity index is 1.60. The molecule has 0 spiro atoms. The van der Waals surface area contributed by atoms with Crippen LogP contribution < -0.4 is 0 Å². The Bertz CT molecular complexity index is 990. The second-order valence-electron chi connectivity index (χ2n) is 8.70. The van der Waals surface area contributed by atoms with Crippen molar-refractivity contribution in [1.29, 1.82) is 0 Å². The van der Waals surface area contributed by atoms with E-state index in [1.165, 1.54) is 12.1 Å². The summed E-state index contributed by atoms with van der Waals surface area (Å²) in [5.41, 5.74) is 1.81. The molecule has 1 aliphatic heterocycles. The zero-order chi connectivity index (χ0) is 24.3. The average molecular weight is 501 g/mol. The first-order valence-corrected chi connectivity index (χ1v) is 11.9. The van der Waals surface area contributed by atoms with E-state index in [4.69, 9.17) is 16.7 Å². The monoisotopic (exact) mass is 500 g/mol. The van der Waals surface area contributed by atoms with Crippen LogP contribution in [0.2, 0.25) is 5.02 Å². The van der Waals surface area contributed by atoms with E-state index in [2.05, 4.69) is 29.1 Å². The minimum atomic E-state index is -4.44. The molecule has 1 heterocycles. The van der Waals surface area contributed by atoms with Crippen molar-refractivity contribution < 1.29 is 23.1 Å². The SMILES string of the molecule is Cc1cc(CC(=O)O)cc(SN2[C@H](C)CN(CCc3ccc(C(F)(F)F)c(Cl)c3)C[C@@H]2C)c1. The van der Waals surface area contributed by atoms with Crippen LogP contribution in [-0.2, 0) is 23.8 Å². The molecule has 0 aliphatic carbocycles. The van der Waals surface area contributed by atoms with E-state index < -0.39 is 17.7 Å². The quantitative estimate of drug-likeness (QED) is 0.477. The summed E-state index contributed by atoms with van der Waals surface area (Å²) in [4.78, 5) is 14.4. The predicted molar refractivity (Wildman–Crippen MR) is 126 cm³/mol. The summed E-state index contributed by atoms with van der Waals surface area (Å²) in [5.74, 6) is -0.846. The number of hydrogen-bond donors (Lipinski definition) is 1. The maximum Gasteiger partial charge on any atom is 0.417 e. The third-order valence-corrected chi connectivity index (χ3v) is 7.34. The predicted octanol–water partition coefficient (Wildman–Crippen LogP) is 5.94. The number of hydrogen-bond acceptors (Lipinski definition) is 4. The Morgan fingerprint density at radius 3 is 2.36 bits per heavy atom. The molecule has 2 aromatic carbocycles. The fraction of sp³-hybridized carbons (Fsp3) is 0.458. The van der Waals surface area contributed by atoms with Crippen molar-refractivity contribution in [3.63, 3.8) is 0 Å². The van der Waals surface area contributed by atoms with Gasteiger partial charge in [-0.25, -0.2) is 4.31 Å². The molecule has 9 heteroatoms. The van der Waals surface area contributed by atoms with Crippen LogP contribution in [0.4, 0.5) is 13.2 Å². The third-order valence-electron chi connectivity index (χ3n) is 5.65. The zero-order valence-electron chi connectivity index (χ0n) is 18.8. The van der Waals surface area contributed by atoms with Gasteiger partial charge in [0.15, 0.2) is 0 Å². The van der Waals surface area contributed by atoms with Gasteiger partial charge in [-0.2, -0.15) is 13.2 Å². The molecule has 0 saturated carbocycles. The van der Waals surface area contributed by atoms with E-state index in [0.29, 0.717) is 6.42 Å². The Labute approximate surface area is 201 Å². The van der Waals surface area contributed by atoms with Gasteiger partial charge in [-0.15, -0.1) is 0 Å². The summed E-state index contributed by atoms with van der Waals surface area (Å²) in [6, 6.07) is 10.4. The van der Waals surface area contributed by atoms with Gasteiger partial charge < -0.3 is 5.11 Å². The first kappa shape index (κ1) is 25.9. The summed E-state index contributed by atoms with van der Waals surface area (Å²) in [7, 11) is 0. The molecular weight excluding hydrogens is 473 g/mol. The molecule has 1 fully saturated rings. The number of nitrogens with zero attached hydrogens (tertiary/aromatic N) is 2. The smallest absolute Gasteiger partial charge is 0.417 e. The molecular formula is C24H28ClF3N2O2S. The molecule has 33 heavy (non-hydrogen) atoms. The van der Waals surface area contributed by atoms with Crippen LogP contribution in [0, 0.1) is 6.92 Å². The summed E-state index contributed by atoms with van der Waals surface area (Å²) >= 11 is 7.50. The van der Waals surface area contributed by atoms with E-state index in [0.717, 1.165) is 47.3 Å². The summed E-state index contributed by atoms with van der Waals surface area (Å²) in [5, 5.41) is 8.84. The van der Waals surface area contributed by atoms with Crippen molar-refractivity contribution in [3.05, 3.63) is 63.7 Å². The van der Waals surface area contributed by atoms with Crippen molar-refractivity contribution in [2.45, 2.75) is 56.8 Å². The van der Waals surface area contributed by atoms with Gasteiger partial charge >= 0.3 is 12.1 Å². The number of carboxylic acids is 1. The Morgan fingerprint density at radius 2 is 1.79 bits per heavy atom. The third kappa shape index (κ3) is 7.12. The zero-order valence-corrected chi connectivity index (χ0v) is 20.4. The molecule has 180 valence electrons. The highest BCUT2D eigenvalue weighted by atomic mass is 35.5. The molecule has 1 N–H and O–H groups in total. The van der Waals surface area contributed by atoms with Gasteiger partial charge in [0.2, 0.25) is 0 Å². The topological polar surface area (TPSA) is 43.8 Å². The molecule has 0 bridgehead atoms. The Hall–Kier alpha value is -1.74. The molecule has 0 radical (unpaired) electrons. The Morgan fingerprint density at radius 1 is 1.12 bits per heavy atom. The minimum absolute atomic E-state index is 0.00207. The fourth-order valence-electron chi connectivity index (χ4n) is 4.29. The largest absolute Gasteiger partial charge is 0.481 e. The van der Waals surface area contributed by atoms with Crippen LogP contribution in [0.25, 0.3) is 0 Å². The minimum Gasteiger partial charge on any atom is -0.481 e. The van der Waals surface area contributed by atoms with Crippen molar-refractivity contribution in [2.75, 3.05) is 19.6 Å². The summed E-state index contributed by atoms with van der Waals surface area (Å²) < 4.78 is 41.1. The van der Waals surface area contributed by atoms with Crippen LogP contribution in [-0.4, -0.2) is 52.0 Å². The lowest BCUT2D eigenvalue weighted by molar-refractivity contribution is -0.138. The molecule has 1 saturated heterocycles. The second-order valence-corrected chi connectivity index (χ2v) is 10.2. The highest BCUT2D eigenvalue weighted by Gasteiger charge is 2.33. The lowest BCUT2D eigenvalue weighted by atomic mass is 10.1. The first-order valence-electron chi connectivity index (χ1n) is 10.8. The van der Waals surface area contributed by atoms with Crippen molar-refractivity contribution in [2.24, 2.45) is 0 Å². The Kier molecular flexibility index (Phi) is 8.37. The lowest BCUT2D eigenvalue weighted by Crippen LogP contribution is -2.54. The molecule has 2 atom stereocenters.